The molecule has 0 spiro atoms. The van der Waals surface area contributed by atoms with E-state index in [0.717, 1.165) is 12.1 Å². The Kier molecular flexibility index (Phi) is 3.92. The molecule has 0 radical (unpaired) electrons. The van der Waals surface area contributed by atoms with Gasteiger partial charge in [-0.2, -0.15) is 0 Å². The topological polar surface area (TPSA) is 125 Å². The molecular formula is C14H7ClN4O5. The minimum atomic E-state index is -0.812. The molecule has 0 aliphatic rings. The van der Waals surface area contributed by atoms with Crippen molar-refractivity contribution in [3.05, 3.63) is 67.7 Å². The number of halogens is 1. The lowest BCUT2D eigenvalue weighted by molar-refractivity contribution is -0.394. The molecular weight excluding hydrogens is 340 g/mol. The number of benzene rings is 2. The fourth-order valence-corrected chi connectivity index (χ4v) is 2.28. The fraction of sp³-hybridized carbons (Fsp3) is 0. The number of hydrogen-bond acceptors (Lipinski definition) is 7. The minimum Gasteiger partial charge on any atom is -0.416 e. The number of rotatable bonds is 4. The highest BCUT2D eigenvalue weighted by atomic mass is 35.5. The van der Waals surface area contributed by atoms with Gasteiger partial charge in [-0.3, -0.25) is 20.2 Å². The maximum absolute atomic E-state index is 11.0. The van der Waals surface area contributed by atoms with Crippen molar-refractivity contribution in [3.63, 3.8) is 0 Å². The minimum absolute atomic E-state index is 0.0766. The molecule has 3 aromatic rings. The summed E-state index contributed by atoms with van der Waals surface area (Å²) < 4.78 is 5.45. The number of nitro benzene ring substituents is 2. The number of aromatic nitrogens is 2. The lowest BCUT2D eigenvalue weighted by atomic mass is 10.1. The molecule has 1 aromatic heterocycles. The quantitative estimate of drug-likeness (QED) is 0.518. The average Bonchev–Trinajstić information content (AvgIpc) is 3.05. The third-order valence-electron chi connectivity index (χ3n) is 3.12. The van der Waals surface area contributed by atoms with Gasteiger partial charge in [-0.25, -0.2) is 0 Å². The molecule has 0 fully saturated rings. The fourth-order valence-electron chi connectivity index (χ4n) is 2.02. The van der Waals surface area contributed by atoms with Crippen molar-refractivity contribution in [1.29, 1.82) is 0 Å². The molecule has 0 aliphatic heterocycles. The first kappa shape index (κ1) is 15.6. The Morgan fingerprint density at radius 1 is 0.958 bits per heavy atom. The Morgan fingerprint density at radius 2 is 1.62 bits per heavy atom. The largest absolute Gasteiger partial charge is 0.416 e. The molecule has 120 valence electrons. The highest BCUT2D eigenvalue weighted by Gasteiger charge is 2.26. The molecule has 9 nitrogen and oxygen atoms in total. The highest BCUT2D eigenvalue weighted by Crippen LogP contribution is 2.38. The van der Waals surface area contributed by atoms with Crippen LogP contribution in [0.15, 0.2) is 46.9 Å². The molecule has 0 amide bonds. The second-order valence-corrected chi connectivity index (χ2v) is 5.00. The second-order valence-electron chi connectivity index (χ2n) is 4.62. The third kappa shape index (κ3) is 2.79. The van der Waals surface area contributed by atoms with E-state index in [9.17, 15) is 20.2 Å². The Hall–Kier alpha value is -3.33. The van der Waals surface area contributed by atoms with Gasteiger partial charge in [0.25, 0.3) is 11.4 Å². The number of nitrogens with zero attached hydrogens (tertiary/aromatic N) is 4. The molecule has 0 aliphatic carbocycles. The standard InChI is InChI=1S/C14H7ClN4O5/c15-12-10(6-9(18(20)21)7-11(12)19(22)23)14-17-16-13(24-14)8-4-2-1-3-5-8/h1-7H. The maximum Gasteiger partial charge on any atom is 0.295 e. The Labute approximate surface area is 138 Å². The molecule has 0 atom stereocenters. The summed E-state index contributed by atoms with van der Waals surface area (Å²) >= 11 is 5.98. The smallest absolute Gasteiger partial charge is 0.295 e. The van der Waals surface area contributed by atoms with Gasteiger partial charge in [0.15, 0.2) is 0 Å². The van der Waals surface area contributed by atoms with Crippen molar-refractivity contribution in [2.45, 2.75) is 0 Å². The molecule has 0 N–H and O–H groups in total. The van der Waals surface area contributed by atoms with Crippen molar-refractivity contribution >= 4 is 23.0 Å². The van der Waals surface area contributed by atoms with Gasteiger partial charge in [0.1, 0.15) is 5.02 Å². The van der Waals surface area contributed by atoms with Crippen LogP contribution in [0, 0.1) is 20.2 Å². The Balaban J connectivity index is 2.14. The van der Waals surface area contributed by atoms with Crippen molar-refractivity contribution < 1.29 is 14.3 Å². The average molecular weight is 347 g/mol. The van der Waals surface area contributed by atoms with Crippen LogP contribution in [0.4, 0.5) is 11.4 Å². The van der Waals surface area contributed by atoms with Crippen LogP contribution in [-0.2, 0) is 0 Å². The van der Waals surface area contributed by atoms with Gasteiger partial charge >= 0.3 is 0 Å². The van der Waals surface area contributed by atoms with Gasteiger partial charge in [-0.15, -0.1) is 10.2 Å². The van der Waals surface area contributed by atoms with Gasteiger partial charge in [0.2, 0.25) is 11.8 Å². The maximum atomic E-state index is 11.0. The zero-order valence-electron chi connectivity index (χ0n) is 11.7. The van der Waals surface area contributed by atoms with Crippen molar-refractivity contribution in [3.8, 4) is 22.9 Å². The van der Waals surface area contributed by atoms with Crippen LogP contribution in [0.3, 0.4) is 0 Å². The van der Waals surface area contributed by atoms with E-state index in [1.807, 2.05) is 6.07 Å². The van der Waals surface area contributed by atoms with Crippen LogP contribution >= 0.6 is 11.6 Å². The van der Waals surface area contributed by atoms with Crippen LogP contribution in [0.2, 0.25) is 5.02 Å². The van der Waals surface area contributed by atoms with Gasteiger partial charge in [0, 0.05) is 11.6 Å². The molecule has 10 heteroatoms. The SMILES string of the molecule is O=[N+]([O-])c1cc(-c2nnc(-c3ccccc3)o2)c(Cl)c([N+](=O)[O-])c1. The molecule has 0 unspecified atom stereocenters. The molecule has 0 saturated heterocycles. The van der Waals surface area contributed by atoms with E-state index < -0.39 is 21.2 Å². The summed E-state index contributed by atoms with van der Waals surface area (Å²) in [6, 6.07) is 10.6. The summed E-state index contributed by atoms with van der Waals surface area (Å²) in [6.45, 7) is 0. The molecule has 2 aromatic carbocycles. The highest BCUT2D eigenvalue weighted by molar-refractivity contribution is 6.35. The zero-order valence-corrected chi connectivity index (χ0v) is 12.5. The van der Waals surface area contributed by atoms with Crippen LogP contribution in [-0.4, -0.2) is 20.0 Å². The van der Waals surface area contributed by atoms with Crippen molar-refractivity contribution in [2.24, 2.45) is 0 Å². The summed E-state index contributed by atoms with van der Waals surface area (Å²) in [5.74, 6) is 0.0153. The number of nitro groups is 2. The van der Waals surface area contributed by atoms with Crippen LogP contribution < -0.4 is 0 Å². The van der Waals surface area contributed by atoms with E-state index >= 15 is 0 Å². The van der Waals surface area contributed by atoms with E-state index in [2.05, 4.69) is 10.2 Å². The van der Waals surface area contributed by atoms with Gasteiger partial charge in [-0.1, -0.05) is 29.8 Å². The third-order valence-corrected chi connectivity index (χ3v) is 3.52. The van der Waals surface area contributed by atoms with E-state index in [1.54, 1.807) is 24.3 Å². The molecule has 24 heavy (non-hydrogen) atoms. The van der Waals surface area contributed by atoms with Crippen molar-refractivity contribution in [2.75, 3.05) is 0 Å². The van der Waals surface area contributed by atoms with Crippen LogP contribution in [0.1, 0.15) is 0 Å². The van der Waals surface area contributed by atoms with Crippen LogP contribution in [0.25, 0.3) is 22.9 Å². The van der Waals surface area contributed by atoms with Crippen molar-refractivity contribution in [1.82, 2.24) is 10.2 Å². The number of hydrogen-bond donors (Lipinski definition) is 0. The van der Waals surface area contributed by atoms with E-state index in [4.69, 9.17) is 16.0 Å². The summed E-state index contributed by atoms with van der Waals surface area (Å²) in [5, 5.41) is 29.3. The normalized spacial score (nSPS) is 10.5. The Bertz CT molecular complexity index is 942. The molecule has 1 heterocycles. The summed E-state index contributed by atoms with van der Waals surface area (Å²) in [7, 11) is 0. The first-order valence-corrected chi connectivity index (χ1v) is 6.87. The van der Waals surface area contributed by atoms with E-state index in [-0.39, 0.29) is 22.4 Å². The molecule has 0 saturated carbocycles. The lowest BCUT2D eigenvalue weighted by Gasteiger charge is -2.01. The monoisotopic (exact) mass is 346 g/mol. The van der Waals surface area contributed by atoms with E-state index in [1.165, 1.54) is 0 Å². The Morgan fingerprint density at radius 3 is 2.25 bits per heavy atom. The predicted octanol–water partition coefficient (Wildman–Crippen LogP) is 3.87. The summed E-state index contributed by atoms with van der Waals surface area (Å²) in [6.07, 6.45) is 0. The molecule has 3 rings (SSSR count). The second kappa shape index (κ2) is 6.05. The van der Waals surface area contributed by atoms with Crippen LogP contribution in [0.5, 0.6) is 0 Å². The van der Waals surface area contributed by atoms with E-state index in [0.29, 0.717) is 5.56 Å². The first-order valence-electron chi connectivity index (χ1n) is 6.49. The first-order chi connectivity index (χ1) is 11.5. The summed E-state index contributed by atoms with van der Waals surface area (Å²) in [4.78, 5) is 20.4. The number of non-ortho nitro benzene ring substituents is 1. The zero-order chi connectivity index (χ0) is 17.3. The van der Waals surface area contributed by atoms with Gasteiger partial charge < -0.3 is 4.42 Å². The van der Waals surface area contributed by atoms with Gasteiger partial charge in [-0.05, 0) is 12.1 Å². The summed E-state index contributed by atoms with van der Waals surface area (Å²) in [5.41, 5.74) is -0.555. The predicted molar refractivity (Wildman–Crippen MR) is 83.5 cm³/mol. The van der Waals surface area contributed by atoms with Gasteiger partial charge in [0.05, 0.1) is 21.5 Å². The molecule has 0 bridgehead atoms. The lowest BCUT2D eigenvalue weighted by Crippen LogP contribution is -1.95.